The number of hydrogen-bond donors (Lipinski definition) is 2. The molecule has 0 aliphatic carbocycles. The number of nitrogens with zero attached hydrogens (tertiary/aromatic N) is 2. The lowest BCUT2D eigenvalue weighted by atomic mass is 10.1. The second kappa shape index (κ2) is 8.18. The Morgan fingerprint density at radius 2 is 2.04 bits per heavy atom. The number of carbonyl (C=O) groups is 1. The van der Waals surface area contributed by atoms with E-state index in [1.807, 2.05) is 29.2 Å². The Hall–Kier alpha value is -2.31. The number of aliphatic hydroxyl groups is 1. The molecule has 1 saturated heterocycles. The van der Waals surface area contributed by atoms with Gasteiger partial charge in [0.1, 0.15) is 11.5 Å². The standard InChI is InChI=1S/C19H24N2O4/c22-16(13-21-9-3-8-19(21)24)12-20(14-17-6-4-10-25-17)11-15-5-1-2-7-18(15)23/h1-2,4-7,10,16,22-23H,3,8-9,11-14H2. The zero-order valence-electron chi connectivity index (χ0n) is 14.2. The van der Waals surface area contributed by atoms with Crippen molar-refractivity contribution in [2.24, 2.45) is 0 Å². The maximum absolute atomic E-state index is 11.7. The van der Waals surface area contributed by atoms with E-state index >= 15 is 0 Å². The molecule has 2 N–H and O–H groups in total. The Bertz CT molecular complexity index is 686. The van der Waals surface area contributed by atoms with E-state index in [0.29, 0.717) is 39.1 Å². The molecule has 6 nitrogen and oxygen atoms in total. The monoisotopic (exact) mass is 344 g/mol. The summed E-state index contributed by atoms with van der Waals surface area (Å²) in [6.07, 6.45) is 2.40. The first-order chi connectivity index (χ1) is 12.1. The zero-order chi connectivity index (χ0) is 17.6. The van der Waals surface area contributed by atoms with Gasteiger partial charge in [0.25, 0.3) is 0 Å². The van der Waals surface area contributed by atoms with Gasteiger partial charge >= 0.3 is 0 Å². The number of rotatable bonds is 8. The highest BCUT2D eigenvalue weighted by Gasteiger charge is 2.24. The van der Waals surface area contributed by atoms with E-state index in [1.54, 1.807) is 23.3 Å². The second-order valence-electron chi connectivity index (χ2n) is 6.47. The third-order valence-electron chi connectivity index (χ3n) is 4.42. The van der Waals surface area contributed by atoms with E-state index in [0.717, 1.165) is 17.7 Å². The van der Waals surface area contributed by atoms with Crippen LogP contribution >= 0.6 is 0 Å². The van der Waals surface area contributed by atoms with Crippen LogP contribution in [0.1, 0.15) is 24.2 Å². The SMILES string of the molecule is O=C1CCCN1CC(O)CN(Cc1ccco1)Cc1ccccc1O. The number of hydrogen-bond acceptors (Lipinski definition) is 5. The molecular formula is C19H24N2O4. The number of likely N-dealkylation sites (tertiary alicyclic amines) is 1. The molecule has 1 fully saturated rings. The number of carbonyl (C=O) groups excluding carboxylic acids is 1. The molecule has 2 aromatic rings. The predicted octanol–water partition coefficient (Wildman–Crippen LogP) is 1.97. The summed E-state index contributed by atoms with van der Waals surface area (Å²) in [6.45, 7) is 2.45. The Balaban J connectivity index is 1.65. The molecule has 0 saturated carbocycles. The molecular weight excluding hydrogens is 320 g/mol. The number of benzene rings is 1. The minimum Gasteiger partial charge on any atom is -0.508 e. The molecule has 1 atom stereocenters. The van der Waals surface area contributed by atoms with Crippen LogP contribution in [0.15, 0.2) is 47.1 Å². The van der Waals surface area contributed by atoms with Crippen LogP contribution in [0, 0.1) is 0 Å². The fourth-order valence-electron chi connectivity index (χ4n) is 3.20. The van der Waals surface area contributed by atoms with Crippen molar-refractivity contribution in [1.29, 1.82) is 0 Å². The van der Waals surface area contributed by atoms with Gasteiger partial charge in [0.05, 0.1) is 18.9 Å². The minimum atomic E-state index is -0.650. The van der Waals surface area contributed by atoms with E-state index < -0.39 is 6.10 Å². The van der Waals surface area contributed by atoms with E-state index in [4.69, 9.17) is 4.42 Å². The van der Waals surface area contributed by atoms with Crippen LogP contribution in [-0.2, 0) is 17.9 Å². The fourth-order valence-corrected chi connectivity index (χ4v) is 3.20. The van der Waals surface area contributed by atoms with E-state index in [1.165, 1.54) is 0 Å². The van der Waals surface area contributed by atoms with Crippen molar-refractivity contribution < 1.29 is 19.4 Å². The highest BCUT2D eigenvalue weighted by atomic mass is 16.3. The number of phenolic OH excluding ortho intramolecular Hbond substituents is 1. The first kappa shape index (κ1) is 17.5. The Kier molecular flexibility index (Phi) is 5.73. The largest absolute Gasteiger partial charge is 0.508 e. The van der Waals surface area contributed by atoms with Crippen molar-refractivity contribution >= 4 is 5.91 Å². The maximum atomic E-state index is 11.7. The Labute approximate surface area is 147 Å². The van der Waals surface area contributed by atoms with E-state index in [-0.39, 0.29) is 11.7 Å². The van der Waals surface area contributed by atoms with E-state index in [9.17, 15) is 15.0 Å². The molecule has 25 heavy (non-hydrogen) atoms. The summed E-state index contributed by atoms with van der Waals surface area (Å²) >= 11 is 0. The summed E-state index contributed by atoms with van der Waals surface area (Å²) < 4.78 is 5.41. The van der Waals surface area contributed by atoms with Crippen LogP contribution in [0.2, 0.25) is 0 Å². The molecule has 6 heteroatoms. The number of amides is 1. The predicted molar refractivity (Wildman–Crippen MR) is 92.7 cm³/mol. The van der Waals surface area contributed by atoms with Crippen molar-refractivity contribution in [3.63, 3.8) is 0 Å². The summed E-state index contributed by atoms with van der Waals surface area (Å²) in [7, 11) is 0. The lowest BCUT2D eigenvalue weighted by molar-refractivity contribution is -0.129. The Morgan fingerprint density at radius 3 is 2.72 bits per heavy atom. The summed E-state index contributed by atoms with van der Waals surface area (Å²) in [4.78, 5) is 15.5. The fraction of sp³-hybridized carbons (Fsp3) is 0.421. The summed E-state index contributed by atoms with van der Waals surface area (Å²) in [5.41, 5.74) is 0.790. The van der Waals surface area contributed by atoms with Gasteiger partial charge in [-0.05, 0) is 24.6 Å². The number of para-hydroxylation sites is 1. The maximum Gasteiger partial charge on any atom is 0.222 e. The number of β-amino-alcohol motifs (C(OH)–C–C–N with tert-alkyl or cyclic N) is 1. The molecule has 1 aliphatic heterocycles. The van der Waals surface area contributed by atoms with E-state index in [2.05, 4.69) is 0 Å². The molecule has 1 aromatic carbocycles. The zero-order valence-corrected chi connectivity index (χ0v) is 14.2. The molecule has 1 unspecified atom stereocenters. The molecule has 0 spiro atoms. The molecule has 2 heterocycles. The third-order valence-corrected chi connectivity index (χ3v) is 4.42. The first-order valence-corrected chi connectivity index (χ1v) is 8.59. The molecule has 0 radical (unpaired) electrons. The average molecular weight is 344 g/mol. The van der Waals surface area contributed by atoms with Gasteiger partial charge in [0.15, 0.2) is 0 Å². The lowest BCUT2D eigenvalue weighted by Crippen LogP contribution is -2.40. The summed E-state index contributed by atoms with van der Waals surface area (Å²) in [5.74, 6) is 1.13. The molecule has 1 amide bonds. The van der Waals surface area contributed by atoms with Crippen LogP contribution < -0.4 is 0 Å². The van der Waals surface area contributed by atoms with Crippen molar-refractivity contribution in [2.75, 3.05) is 19.6 Å². The third kappa shape index (κ3) is 4.84. The number of phenols is 1. The molecule has 1 aromatic heterocycles. The minimum absolute atomic E-state index is 0.109. The first-order valence-electron chi connectivity index (χ1n) is 8.59. The van der Waals surface area contributed by atoms with Crippen LogP contribution in [0.25, 0.3) is 0 Å². The van der Waals surface area contributed by atoms with Crippen molar-refractivity contribution in [2.45, 2.75) is 32.0 Å². The topological polar surface area (TPSA) is 77.2 Å². The van der Waals surface area contributed by atoms with Gasteiger partial charge < -0.3 is 19.5 Å². The summed E-state index contributed by atoms with van der Waals surface area (Å²) in [6, 6.07) is 10.9. The number of furan rings is 1. The van der Waals surface area contributed by atoms with Gasteiger partial charge in [0, 0.05) is 38.2 Å². The van der Waals surface area contributed by atoms with Gasteiger partial charge in [-0.2, -0.15) is 0 Å². The van der Waals surface area contributed by atoms with Crippen molar-refractivity contribution in [3.8, 4) is 5.75 Å². The van der Waals surface area contributed by atoms with Gasteiger partial charge in [-0.3, -0.25) is 9.69 Å². The molecule has 1 aliphatic rings. The Morgan fingerprint density at radius 1 is 1.20 bits per heavy atom. The van der Waals surface area contributed by atoms with Crippen molar-refractivity contribution in [3.05, 3.63) is 54.0 Å². The number of aliphatic hydroxyl groups excluding tert-OH is 1. The van der Waals surface area contributed by atoms with Gasteiger partial charge in [-0.15, -0.1) is 0 Å². The van der Waals surface area contributed by atoms with Crippen LogP contribution in [0.3, 0.4) is 0 Å². The highest BCUT2D eigenvalue weighted by Crippen LogP contribution is 2.20. The highest BCUT2D eigenvalue weighted by molar-refractivity contribution is 5.78. The average Bonchev–Trinajstić information content (AvgIpc) is 3.22. The quantitative estimate of drug-likeness (QED) is 0.766. The molecule has 0 bridgehead atoms. The van der Waals surface area contributed by atoms with Crippen LogP contribution in [0.4, 0.5) is 0 Å². The van der Waals surface area contributed by atoms with Gasteiger partial charge in [-0.25, -0.2) is 0 Å². The molecule has 3 rings (SSSR count). The second-order valence-corrected chi connectivity index (χ2v) is 6.47. The normalized spacial score (nSPS) is 15.9. The smallest absolute Gasteiger partial charge is 0.222 e. The lowest BCUT2D eigenvalue weighted by Gasteiger charge is -2.27. The van der Waals surface area contributed by atoms with Crippen LogP contribution in [-0.4, -0.2) is 51.7 Å². The number of aromatic hydroxyl groups is 1. The van der Waals surface area contributed by atoms with Gasteiger partial charge in [-0.1, -0.05) is 18.2 Å². The molecule has 134 valence electrons. The van der Waals surface area contributed by atoms with Gasteiger partial charge in [0.2, 0.25) is 5.91 Å². The van der Waals surface area contributed by atoms with Crippen LogP contribution in [0.5, 0.6) is 5.75 Å². The summed E-state index contributed by atoms with van der Waals surface area (Å²) in [5, 5.41) is 20.5. The van der Waals surface area contributed by atoms with Crippen molar-refractivity contribution in [1.82, 2.24) is 9.80 Å².